The van der Waals surface area contributed by atoms with E-state index in [0.29, 0.717) is 29.9 Å². The minimum atomic E-state index is -0.590. The summed E-state index contributed by atoms with van der Waals surface area (Å²) in [5.41, 5.74) is 1.54. The molecule has 1 aliphatic heterocycles. The van der Waals surface area contributed by atoms with Gasteiger partial charge in [0.1, 0.15) is 23.7 Å². The number of halogens is 1. The molecular formula is C19H19FN6O2. The molecular weight excluding hydrogens is 363 g/mol. The summed E-state index contributed by atoms with van der Waals surface area (Å²) in [6.45, 7) is 4.78. The smallest absolute Gasteiger partial charge is 0.245 e. The number of phenolic OH excluding ortho intramolecular Hbond substituents is 1. The number of rotatable bonds is 4. The molecule has 0 atom stereocenters. The van der Waals surface area contributed by atoms with Gasteiger partial charge >= 0.3 is 0 Å². The molecule has 3 heterocycles. The predicted octanol–water partition coefficient (Wildman–Crippen LogP) is 2.83. The Morgan fingerprint density at radius 1 is 1.36 bits per heavy atom. The van der Waals surface area contributed by atoms with Gasteiger partial charge < -0.3 is 15.3 Å². The van der Waals surface area contributed by atoms with Crippen molar-refractivity contribution in [2.75, 3.05) is 18.4 Å². The van der Waals surface area contributed by atoms with Crippen LogP contribution in [0.15, 0.2) is 37.2 Å². The second kappa shape index (κ2) is 7.26. The topological polar surface area (TPSA) is 107 Å². The van der Waals surface area contributed by atoms with Crippen LogP contribution in [0.25, 0.3) is 11.0 Å². The maximum atomic E-state index is 14.1. The summed E-state index contributed by atoms with van der Waals surface area (Å²) < 4.78 is 14.1. The Kier molecular flexibility index (Phi) is 4.64. The van der Waals surface area contributed by atoms with E-state index in [2.05, 4.69) is 32.1 Å². The highest BCUT2D eigenvalue weighted by molar-refractivity contribution is 5.91. The molecule has 0 spiro atoms. The number of nitrogens with zero attached hydrogens (tertiary/aromatic N) is 4. The zero-order valence-electron chi connectivity index (χ0n) is 15.0. The lowest BCUT2D eigenvalue weighted by molar-refractivity contribution is -0.127. The highest BCUT2D eigenvalue weighted by Crippen LogP contribution is 2.35. The van der Waals surface area contributed by atoms with Crippen molar-refractivity contribution in [2.24, 2.45) is 0 Å². The average Bonchev–Trinajstić information content (AvgIpc) is 3.15. The Hall–Kier alpha value is -3.49. The molecule has 144 valence electrons. The molecule has 9 heteroatoms. The van der Waals surface area contributed by atoms with Crippen LogP contribution in [0.3, 0.4) is 0 Å². The van der Waals surface area contributed by atoms with E-state index in [9.17, 15) is 14.3 Å². The first-order valence-corrected chi connectivity index (χ1v) is 8.92. The number of hydrogen-bond donors (Lipinski definition) is 3. The maximum absolute atomic E-state index is 14.1. The van der Waals surface area contributed by atoms with Crippen LogP contribution in [-0.2, 0) is 4.79 Å². The van der Waals surface area contributed by atoms with Gasteiger partial charge in [0.05, 0.1) is 16.8 Å². The van der Waals surface area contributed by atoms with Gasteiger partial charge in [0.2, 0.25) is 5.91 Å². The minimum Gasteiger partial charge on any atom is -0.508 e. The lowest BCUT2D eigenvalue weighted by atomic mass is 9.92. The fourth-order valence-electron chi connectivity index (χ4n) is 3.52. The Balaban J connectivity index is 1.64. The van der Waals surface area contributed by atoms with Gasteiger partial charge in [0.15, 0.2) is 5.65 Å². The van der Waals surface area contributed by atoms with Crippen molar-refractivity contribution in [3.05, 3.63) is 48.7 Å². The summed E-state index contributed by atoms with van der Waals surface area (Å²) in [5.74, 6) is -0.229. The van der Waals surface area contributed by atoms with Crippen molar-refractivity contribution in [3.8, 4) is 5.75 Å². The van der Waals surface area contributed by atoms with E-state index in [4.69, 9.17) is 0 Å². The Morgan fingerprint density at radius 3 is 2.86 bits per heavy atom. The molecule has 4 rings (SSSR count). The SMILES string of the molecule is C=CC(=O)N1CCC(c2[nH]nc3ncnc(Nc4ccc(O)cc4F)c23)CC1. The molecule has 3 aromatic rings. The van der Waals surface area contributed by atoms with Crippen LogP contribution in [0, 0.1) is 5.82 Å². The number of anilines is 2. The van der Waals surface area contributed by atoms with Gasteiger partial charge in [-0.05, 0) is 31.1 Å². The van der Waals surface area contributed by atoms with Crippen molar-refractivity contribution < 1.29 is 14.3 Å². The number of hydrogen-bond acceptors (Lipinski definition) is 6. The summed E-state index contributed by atoms with van der Waals surface area (Å²) in [6, 6.07) is 3.87. The molecule has 2 aromatic heterocycles. The Bertz CT molecular complexity index is 1040. The zero-order chi connectivity index (χ0) is 19.7. The van der Waals surface area contributed by atoms with Gasteiger partial charge in [-0.15, -0.1) is 0 Å². The van der Waals surface area contributed by atoms with Crippen molar-refractivity contribution >= 4 is 28.4 Å². The standard InChI is InChI=1S/C19H19FN6O2/c1-2-15(28)26-7-5-11(6-8-26)17-16-18(21-10-22-19(16)25-24-17)23-14-4-3-12(27)9-13(14)20/h2-4,9-11,27H,1,5-8H2,(H2,21,22,23,24,25). The number of carbonyl (C=O) groups is 1. The highest BCUT2D eigenvalue weighted by atomic mass is 19.1. The van der Waals surface area contributed by atoms with E-state index in [1.165, 1.54) is 24.5 Å². The lowest BCUT2D eigenvalue weighted by Gasteiger charge is -2.31. The Labute approximate surface area is 160 Å². The molecule has 0 saturated carbocycles. The summed E-state index contributed by atoms with van der Waals surface area (Å²) in [6.07, 6.45) is 4.21. The van der Waals surface area contributed by atoms with Gasteiger partial charge in [-0.3, -0.25) is 9.89 Å². The third-order valence-corrected chi connectivity index (χ3v) is 4.97. The van der Waals surface area contributed by atoms with Gasteiger partial charge in [-0.25, -0.2) is 14.4 Å². The summed E-state index contributed by atoms with van der Waals surface area (Å²) >= 11 is 0. The van der Waals surface area contributed by atoms with Crippen LogP contribution >= 0.6 is 0 Å². The van der Waals surface area contributed by atoms with Gasteiger partial charge in [0, 0.05) is 25.1 Å². The third kappa shape index (κ3) is 3.26. The zero-order valence-corrected chi connectivity index (χ0v) is 15.0. The van der Waals surface area contributed by atoms with E-state index < -0.39 is 5.82 Å². The number of benzene rings is 1. The fourth-order valence-corrected chi connectivity index (χ4v) is 3.52. The number of phenols is 1. The molecule has 0 bridgehead atoms. The number of likely N-dealkylation sites (tertiary alicyclic amines) is 1. The molecule has 1 aliphatic rings. The number of aromatic amines is 1. The first kappa shape index (κ1) is 17.9. The van der Waals surface area contributed by atoms with Crippen LogP contribution in [0.2, 0.25) is 0 Å². The Morgan fingerprint density at radius 2 is 2.14 bits per heavy atom. The number of fused-ring (bicyclic) bond motifs is 1. The van der Waals surface area contributed by atoms with Crippen LogP contribution in [0.4, 0.5) is 15.9 Å². The normalized spacial score (nSPS) is 15.0. The first-order chi connectivity index (χ1) is 13.6. The molecule has 1 fully saturated rings. The number of H-pyrrole nitrogens is 1. The number of amides is 1. The van der Waals surface area contributed by atoms with Crippen LogP contribution in [0.5, 0.6) is 5.75 Å². The largest absolute Gasteiger partial charge is 0.508 e. The van der Waals surface area contributed by atoms with Gasteiger partial charge in [0.25, 0.3) is 0 Å². The molecule has 1 saturated heterocycles. The molecule has 8 nitrogen and oxygen atoms in total. The van der Waals surface area contributed by atoms with E-state index in [-0.39, 0.29) is 23.3 Å². The summed E-state index contributed by atoms with van der Waals surface area (Å²) in [7, 11) is 0. The number of aromatic hydroxyl groups is 1. The highest BCUT2D eigenvalue weighted by Gasteiger charge is 2.27. The molecule has 0 unspecified atom stereocenters. The van der Waals surface area contributed by atoms with Crippen molar-refractivity contribution in [1.29, 1.82) is 0 Å². The van der Waals surface area contributed by atoms with Gasteiger partial charge in [-0.1, -0.05) is 6.58 Å². The molecule has 28 heavy (non-hydrogen) atoms. The molecule has 3 N–H and O–H groups in total. The molecule has 1 aromatic carbocycles. The monoisotopic (exact) mass is 382 g/mol. The first-order valence-electron chi connectivity index (χ1n) is 8.92. The third-order valence-electron chi connectivity index (χ3n) is 4.97. The molecule has 0 aliphatic carbocycles. The maximum Gasteiger partial charge on any atom is 0.245 e. The second-order valence-corrected chi connectivity index (χ2v) is 6.65. The lowest BCUT2D eigenvalue weighted by Crippen LogP contribution is -2.36. The van der Waals surface area contributed by atoms with Crippen LogP contribution in [0.1, 0.15) is 24.5 Å². The molecule has 1 amide bonds. The predicted molar refractivity (Wildman–Crippen MR) is 102 cm³/mol. The number of nitrogens with one attached hydrogen (secondary N) is 2. The number of carbonyl (C=O) groups excluding carboxylic acids is 1. The van der Waals surface area contributed by atoms with Crippen molar-refractivity contribution in [3.63, 3.8) is 0 Å². The molecule has 0 radical (unpaired) electrons. The van der Waals surface area contributed by atoms with Gasteiger partial charge in [-0.2, -0.15) is 5.10 Å². The number of piperidine rings is 1. The average molecular weight is 382 g/mol. The minimum absolute atomic E-state index is 0.0681. The van der Waals surface area contributed by atoms with E-state index in [1.54, 1.807) is 4.90 Å². The summed E-state index contributed by atoms with van der Waals surface area (Å²) in [5, 5.41) is 20.4. The second-order valence-electron chi connectivity index (χ2n) is 6.65. The van der Waals surface area contributed by atoms with Crippen molar-refractivity contribution in [1.82, 2.24) is 25.1 Å². The van der Waals surface area contributed by atoms with E-state index in [0.717, 1.165) is 24.6 Å². The summed E-state index contributed by atoms with van der Waals surface area (Å²) in [4.78, 5) is 22.0. The fraction of sp³-hybridized carbons (Fsp3) is 0.263. The van der Waals surface area contributed by atoms with E-state index >= 15 is 0 Å². The quantitative estimate of drug-likeness (QED) is 0.473. The number of aromatic nitrogens is 4. The van der Waals surface area contributed by atoms with Crippen LogP contribution in [-0.4, -0.2) is 49.2 Å². The van der Waals surface area contributed by atoms with E-state index in [1.807, 2.05) is 0 Å². The van der Waals surface area contributed by atoms with Crippen molar-refractivity contribution in [2.45, 2.75) is 18.8 Å². The van der Waals surface area contributed by atoms with Crippen LogP contribution < -0.4 is 5.32 Å².